The summed E-state index contributed by atoms with van der Waals surface area (Å²) in [6.45, 7) is 3.10. The molecule has 1 aromatic rings. The van der Waals surface area contributed by atoms with Crippen molar-refractivity contribution in [3.05, 3.63) is 17.0 Å². The van der Waals surface area contributed by atoms with Crippen LogP contribution in [0.25, 0.3) is 0 Å². The van der Waals surface area contributed by atoms with Gasteiger partial charge in [-0.05, 0) is 39.4 Å². The molecule has 0 aliphatic carbocycles. The molecular formula is C11H17N3O. The van der Waals surface area contributed by atoms with Crippen molar-refractivity contribution in [3.8, 4) is 0 Å². The lowest BCUT2D eigenvalue weighted by Gasteiger charge is -2.19. The maximum Gasteiger partial charge on any atom is 0.157 e. The highest BCUT2D eigenvalue weighted by Crippen LogP contribution is 2.34. The van der Waals surface area contributed by atoms with Gasteiger partial charge in [-0.15, -0.1) is 0 Å². The maximum atomic E-state index is 5.54. The van der Waals surface area contributed by atoms with Crippen LogP contribution in [-0.4, -0.2) is 30.2 Å². The van der Waals surface area contributed by atoms with E-state index < -0.39 is 0 Å². The average molecular weight is 207 g/mol. The summed E-state index contributed by atoms with van der Waals surface area (Å²) in [6, 6.07) is 0.472. The molecule has 82 valence electrons. The Morgan fingerprint density at radius 1 is 1.53 bits per heavy atom. The van der Waals surface area contributed by atoms with Crippen molar-refractivity contribution in [2.24, 2.45) is 0 Å². The third-order valence-electron chi connectivity index (χ3n) is 3.57. The number of aromatic nitrogens is 1. The molecule has 4 heteroatoms. The highest BCUT2D eigenvalue weighted by atomic mass is 16.5. The summed E-state index contributed by atoms with van der Waals surface area (Å²) in [4.78, 5) is 2.38. The number of nitrogens with one attached hydrogen (secondary N) is 1. The molecule has 0 saturated carbocycles. The van der Waals surface area contributed by atoms with Crippen LogP contribution in [0.4, 0.5) is 0 Å². The van der Waals surface area contributed by atoms with Crippen LogP contribution in [0, 0.1) is 0 Å². The van der Waals surface area contributed by atoms with Crippen LogP contribution >= 0.6 is 0 Å². The summed E-state index contributed by atoms with van der Waals surface area (Å²) in [5.74, 6) is 1.13. The van der Waals surface area contributed by atoms with Gasteiger partial charge in [0.15, 0.2) is 5.76 Å². The number of hydrogen-bond acceptors (Lipinski definition) is 4. The fourth-order valence-electron chi connectivity index (χ4n) is 2.69. The Morgan fingerprint density at radius 3 is 3.27 bits per heavy atom. The van der Waals surface area contributed by atoms with Crippen LogP contribution in [-0.2, 0) is 13.0 Å². The predicted octanol–water partition coefficient (Wildman–Crippen LogP) is 1.09. The van der Waals surface area contributed by atoms with Gasteiger partial charge in [-0.25, -0.2) is 0 Å². The van der Waals surface area contributed by atoms with Crippen molar-refractivity contribution >= 4 is 0 Å². The lowest BCUT2D eigenvalue weighted by molar-refractivity contribution is 0.249. The van der Waals surface area contributed by atoms with E-state index in [1.807, 2.05) is 0 Å². The zero-order valence-electron chi connectivity index (χ0n) is 9.12. The lowest BCUT2D eigenvalue weighted by atomic mass is 10.0. The van der Waals surface area contributed by atoms with Gasteiger partial charge in [0.25, 0.3) is 0 Å². The molecule has 1 unspecified atom stereocenters. The minimum atomic E-state index is 0.472. The second-order valence-electron chi connectivity index (χ2n) is 4.54. The van der Waals surface area contributed by atoms with E-state index >= 15 is 0 Å². The van der Waals surface area contributed by atoms with Crippen molar-refractivity contribution in [3.63, 3.8) is 0 Å². The minimum absolute atomic E-state index is 0.472. The van der Waals surface area contributed by atoms with E-state index in [0.29, 0.717) is 6.04 Å². The molecule has 0 spiro atoms. The van der Waals surface area contributed by atoms with E-state index in [1.165, 1.54) is 24.9 Å². The topological polar surface area (TPSA) is 41.3 Å². The average Bonchev–Trinajstić information content (AvgIpc) is 2.83. The highest BCUT2D eigenvalue weighted by Gasteiger charge is 2.30. The molecule has 0 aromatic carbocycles. The van der Waals surface area contributed by atoms with Gasteiger partial charge in [0.2, 0.25) is 0 Å². The maximum absolute atomic E-state index is 5.54. The summed E-state index contributed by atoms with van der Waals surface area (Å²) in [5.41, 5.74) is 2.49. The Bertz CT molecular complexity index is 361. The second kappa shape index (κ2) is 3.61. The van der Waals surface area contributed by atoms with E-state index in [9.17, 15) is 0 Å². The molecule has 0 radical (unpaired) electrons. The van der Waals surface area contributed by atoms with Crippen LogP contribution in [0.5, 0.6) is 0 Å². The van der Waals surface area contributed by atoms with Gasteiger partial charge in [0.1, 0.15) is 5.69 Å². The van der Waals surface area contributed by atoms with Crippen LogP contribution < -0.4 is 5.32 Å². The number of hydrogen-bond donors (Lipinski definition) is 1. The van der Waals surface area contributed by atoms with Crippen LogP contribution in [0.2, 0.25) is 0 Å². The number of fused-ring (bicyclic) bond motifs is 1. The van der Waals surface area contributed by atoms with E-state index in [2.05, 4.69) is 22.4 Å². The van der Waals surface area contributed by atoms with E-state index in [1.54, 1.807) is 0 Å². The zero-order valence-corrected chi connectivity index (χ0v) is 9.12. The van der Waals surface area contributed by atoms with Gasteiger partial charge < -0.3 is 9.84 Å². The molecule has 1 fully saturated rings. The van der Waals surface area contributed by atoms with Crippen LogP contribution in [0.1, 0.15) is 35.9 Å². The Labute approximate surface area is 89.6 Å². The Morgan fingerprint density at radius 2 is 2.47 bits per heavy atom. The smallest absolute Gasteiger partial charge is 0.157 e. The van der Waals surface area contributed by atoms with Gasteiger partial charge in [0.05, 0.1) is 6.04 Å². The number of likely N-dealkylation sites (tertiary alicyclic amines) is 1. The van der Waals surface area contributed by atoms with Crippen molar-refractivity contribution < 1.29 is 4.52 Å². The SMILES string of the molecule is CN1CCCC1c1onc2c1CCNC2. The fraction of sp³-hybridized carbons (Fsp3) is 0.727. The molecule has 1 N–H and O–H groups in total. The summed E-state index contributed by atoms with van der Waals surface area (Å²) in [6.07, 6.45) is 3.55. The predicted molar refractivity (Wildman–Crippen MR) is 56.5 cm³/mol. The van der Waals surface area contributed by atoms with Gasteiger partial charge >= 0.3 is 0 Å². The molecule has 2 aliphatic heterocycles. The van der Waals surface area contributed by atoms with Crippen molar-refractivity contribution in [1.29, 1.82) is 0 Å². The lowest BCUT2D eigenvalue weighted by Crippen LogP contribution is -2.25. The van der Waals surface area contributed by atoms with Crippen LogP contribution in [0.15, 0.2) is 4.52 Å². The monoisotopic (exact) mass is 207 g/mol. The normalized spacial score (nSPS) is 26.9. The zero-order chi connectivity index (χ0) is 10.3. The standard InChI is InChI=1S/C11H17N3O/c1-14-6-2-3-10(14)11-8-4-5-12-7-9(8)13-15-11/h10,12H,2-7H2,1H3. The first-order valence-electron chi connectivity index (χ1n) is 5.74. The van der Waals surface area contributed by atoms with Crippen LogP contribution in [0.3, 0.4) is 0 Å². The Balaban J connectivity index is 1.94. The molecular weight excluding hydrogens is 190 g/mol. The minimum Gasteiger partial charge on any atom is -0.359 e. The molecule has 0 bridgehead atoms. The largest absolute Gasteiger partial charge is 0.359 e. The molecule has 1 atom stereocenters. The van der Waals surface area contributed by atoms with E-state index in [-0.39, 0.29) is 0 Å². The molecule has 2 aliphatic rings. The third kappa shape index (κ3) is 1.48. The molecule has 3 rings (SSSR count). The molecule has 3 heterocycles. The van der Waals surface area contributed by atoms with Gasteiger partial charge in [0, 0.05) is 12.1 Å². The van der Waals surface area contributed by atoms with Crippen molar-refractivity contribution in [2.45, 2.75) is 31.8 Å². The first kappa shape index (κ1) is 9.36. The van der Waals surface area contributed by atoms with E-state index in [0.717, 1.165) is 31.0 Å². The summed E-state index contributed by atoms with van der Waals surface area (Å²) >= 11 is 0. The fourth-order valence-corrected chi connectivity index (χ4v) is 2.69. The highest BCUT2D eigenvalue weighted by molar-refractivity contribution is 5.28. The molecule has 15 heavy (non-hydrogen) atoms. The molecule has 1 aromatic heterocycles. The van der Waals surface area contributed by atoms with Gasteiger partial charge in [-0.1, -0.05) is 5.16 Å². The van der Waals surface area contributed by atoms with Gasteiger partial charge in [-0.3, -0.25) is 4.90 Å². The Kier molecular flexibility index (Phi) is 2.25. The second-order valence-corrected chi connectivity index (χ2v) is 4.54. The molecule has 1 saturated heterocycles. The van der Waals surface area contributed by atoms with Crippen molar-refractivity contribution in [2.75, 3.05) is 20.1 Å². The third-order valence-corrected chi connectivity index (χ3v) is 3.57. The van der Waals surface area contributed by atoms with E-state index in [4.69, 9.17) is 4.52 Å². The summed E-state index contributed by atoms with van der Waals surface area (Å²) in [5, 5.41) is 7.49. The van der Waals surface area contributed by atoms with Gasteiger partial charge in [-0.2, -0.15) is 0 Å². The molecule has 0 amide bonds. The quantitative estimate of drug-likeness (QED) is 0.748. The number of rotatable bonds is 1. The number of nitrogens with zero attached hydrogens (tertiary/aromatic N) is 2. The Hall–Kier alpha value is -0.870. The van der Waals surface area contributed by atoms with Crippen molar-refractivity contribution in [1.82, 2.24) is 15.4 Å². The first-order valence-corrected chi connectivity index (χ1v) is 5.74. The summed E-state index contributed by atoms with van der Waals surface area (Å²) in [7, 11) is 2.17. The first-order chi connectivity index (χ1) is 7.36. The molecule has 4 nitrogen and oxygen atoms in total. The summed E-state index contributed by atoms with van der Waals surface area (Å²) < 4.78 is 5.54.